The van der Waals surface area contributed by atoms with Gasteiger partial charge in [-0.25, -0.2) is 0 Å². The Labute approximate surface area is 191 Å². The van der Waals surface area contributed by atoms with Crippen molar-refractivity contribution in [2.45, 2.75) is 26.2 Å². The lowest BCUT2D eigenvalue weighted by Crippen LogP contribution is -2.40. The molecule has 0 unspecified atom stereocenters. The molecule has 1 aromatic carbocycles. The van der Waals surface area contributed by atoms with Gasteiger partial charge in [0, 0.05) is 45.5 Å². The number of benzene rings is 1. The molecule has 0 radical (unpaired) electrons. The van der Waals surface area contributed by atoms with Gasteiger partial charge in [0.2, 0.25) is 0 Å². The summed E-state index contributed by atoms with van der Waals surface area (Å²) in [5, 5.41) is 6.24. The highest BCUT2D eigenvalue weighted by molar-refractivity contribution is 14.0. The van der Waals surface area contributed by atoms with Crippen molar-refractivity contribution in [1.29, 1.82) is 0 Å². The van der Waals surface area contributed by atoms with Crippen LogP contribution in [0.2, 0.25) is 0 Å². The summed E-state index contributed by atoms with van der Waals surface area (Å²) >= 11 is 0. The third kappa shape index (κ3) is 9.20. The molecule has 2 N–H and O–H groups in total. The Kier molecular flexibility index (Phi) is 12.7. The largest absolute Gasteiger partial charge is 0.497 e. The first-order valence-corrected chi connectivity index (χ1v) is 10.1. The number of methoxy groups -OCH3 is 1. The lowest BCUT2D eigenvalue weighted by Gasteiger charge is -2.26. The molecule has 1 amide bonds. The Morgan fingerprint density at radius 1 is 1.31 bits per heavy atom. The van der Waals surface area contributed by atoms with Gasteiger partial charge in [0.15, 0.2) is 5.96 Å². The number of amides is 1. The van der Waals surface area contributed by atoms with Gasteiger partial charge in [0.25, 0.3) is 5.91 Å². The molecule has 7 nitrogen and oxygen atoms in total. The Morgan fingerprint density at radius 3 is 2.76 bits per heavy atom. The number of hydrogen-bond donors (Lipinski definition) is 2. The number of carbonyl (C=O) groups excluding carboxylic acids is 1. The fourth-order valence-corrected chi connectivity index (χ4v) is 3.18. The normalized spacial score (nSPS) is 14.7. The first-order valence-electron chi connectivity index (χ1n) is 10.1. The van der Waals surface area contributed by atoms with E-state index in [1.54, 1.807) is 19.2 Å². The summed E-state index contributed by atoms with van der Waals surface area (Å²) < 4.78 is 10.6. The quantitative estimate of drug-likeness (QED) is 0.228. The van der Waals surface area contributed by atoms with Crippen LogP contribution in [0.15, 0.2) is 29.3 Å². The molecule has 1 heterocycles. The van der Waals surface area contributed by atoms with E-state index in [2.05, 4.69) is 34.5 Å². The van der Waals surface area contributed by atoms with Crippen LogP contribution in [0, 0.1) is 5.92 Å². The molecule has 1 aromatic rings. The maximum atomic E-state index is 12.2. The summed E-state index contributed by atoms with van der Waals surface area (Å²) in [7, 11) is 3.65. The highest BCUT2D eigenvalue weighted by atomic mass is 127. The van der Waals surface area contributed by atoms with Crippen molar-refractivity contribution in [3.63, 3.8) is 0 Å². The van der Waals surface area contributed by atoms with E-state index in [4.69, 9.17) is 9.47 Å². The minimum absolute atomic E-state index is 0. The zero-order valence-corrected chi connectivity index (χ0v) is 20.1. The molecular formula is C21H35IN4O3. The number of nitrogens with one attached hydrogen (secondary N) is 2. The minimum atomic E-state index is -0.119. The van der Waals surface area contributed by atoms with E-state index in [1.807, 2.05) is 12.1 Å². The van der Waals surface area contributed by atoms with Crippen LogP contribution < -0.4 is 15.4 Å². The zero-order valence-electron chi connectivity index (χ0n) is 17.8. The molecular weight excluding hydrogens is 483 g/mol. The Hall–Kier alpha value is -1.55. The first kappa shape index (κ1) is 25.5. The smallest absolute Gasteiger partial charge is 0.251 e. The summed E-state index contributed by atoms with van der Waals surface area (Å²) in [6.45, 7) is 6.62. The molecule has 164 valence electrons. The summed E-state index contributed by atoms with van der Waals surface area (Å²) in [5.74, 6) is 2.17. The van der Waals surface area contributed by atoms with Crippen LogP contribution in [-0.4, -0.2) is 70.3 Å². The topological polar surface area (TPSA) is 75.2 Å². The maximum Gasteiger partial charge on any atom is 0.251 e. The monoisotopic (exact) mass is 518 g/mol. The third-order valence-electron chi connectivity index (χ3n) is 4.90. The van der Waals surface area contributed by atoms with Gasteiger partial charge in [-0.05, 0) is 50.3 Å². The molecule has 0 aliphatic carbocycles. The summed E-state index contributed by atoms with van der Waals surface area (Å²) in [6.07, 6.45) is 3.45. The number of rotatable bonds is 9. The molecule has 0 atom stereocenters. The van der Waals surface area contributed by atoms with E-state index in [9.17, 15) is 4.79 Å². The minimum Gasteiger partial charge on any atom is -0.497 e. The second kappa shape index (κ2) is 14.4. The van der Waals surface area contributed by atoms with Gasteiger partial charge in [-0.1, -0.05) is 6.07 Å². The van der Waals surface area contributed by atoms with Gasteiger partial charge in [-0.3, -0.25) is 9.79 Å². The van der Waals surface area contributed by atoms with Crippen LogP contribution >= 0.6 is 24.0 Å². The second-order valence-corrected chi connectivity index (χ2v) is 6.99. The average Bonchev–Trinajstić information content (AvgIpc) is 2.74. The molecule has 0 bridgehead atoms. The zero-order chi connectivity index (χ0) is 20.2. The highest BCUT2D eigenvalue weighted by Crippen LogP contribution is 2.18. The van der Waals surface area contributed by atoms with E-state index in [-0.39, 0.29) is 29.9 Å². The summed E-state index contributed by atoms with van der Waals surface area (Å²) in [5.41, 5.74) is 0.587. The van der Waals surface area contributed by atoms with Crippen molar-refractivity contribution in [2.24, 2.45) is 10.9 Å². The molecule has 0 spiro atoms. The van der Waals surface area contributed by atoms with Gasteiger partial charge < -0.3 is 25.0 Å². The van der Waals surface area contributed by atoms with E-state index in [0.717, 1.165) is 57.4 Å². The van der Waals surface area contributed by atoms with Crippen LogP contribution in [0.4, 0.5) is 0 Å². The number of carbonyl (C=O) groups is 1. The predicted octanol–water partition coefficient (Wildman–Crippen LogP) is 2.76. The average molecular weight is 518 g/mol. The van der Waals surface area contributed by atoms with Crippen molar-refractivity contribution in [3.8, 4) is 5.75 Å². The number of aliphatic imine (C=N–C) groups is 1. The molecule has 1 aliphatic rings. The summed E-state index contributed by atoms with van der Waals surface area (Å²) in [4.78, 5) is 19.1. The SMILES string of the molecule is CCNC(=NCCNC(=O)c1cccc(OC)c1)N(C)CCC1CCOCC1.I. The standard InChI is InChI=1S/C21H34N4O3.HI/c1-4-22-21(25(2)13-8-17-9-14-28-15-10-17)24-12-11-23-20(26)18-6-5-7-19(16-18)27-3;/h5-7,16-17H,4,8-15H2,1-3H3,(H,22,24)(H,23,26);1H. The molecule has 29 heavy (non-hydrogen) atoms. The van der Waals surface area contributed by atoms with Crippen molar-refractivity contribution in [3.05, 3.63) is 29.8 Å². The van der Waals surface area contributed by atoms with Crippen LogP contribution in [0.3, 0.4) is 0 Å². The lowest BCUT2D eigenvalue weighted by atomic mass is 9.96. The van der Waals surface area contributed by atoms with Crippen LogP contribution in [0.25, 0.3) is 0 Å². The lowest BCUT2D eigenvalue weighted by molar-refractivity contribution is 0.0625. The number of halogens is 1. The van der Waals surface area contributed by atoms with Crippen LogP contribution in [-0.2, 0) is 4.74 Å². The van der Waals surface area contributed by atoms with Crippen LogP contribution in [0.5, 0.6) is 5.75 Å². The summed E-state index contributed by atoms with van der Waals surface area (Å²) in [6, 6.07) is 7.13. The fraction of sp³-hybridized carbons (Fsp3) is 0.619. The fourth-order valence-electron chi connectivity index (χ4n) is 3.18. The molecule has 1 fully saturated rings. The number of ether oxygens (including phenoxy) is 2. The van der Waals surface area contributed by atoms with Gasteiger partial charge in [0.05, 0.1) is 13.7 Å². The second-order valence-electron chi connectivity index (χ2n) is 6.99. The molecule has 0 aromatic heterocycles. The van der Waals surface area contributed by atoms with Crippen molar-refractivity contribution in [2.75, 3.05) is 53.6 Å². The maximum absolute atomic E-state index is 12.2. The van der Waals surface area contributed by atoms with Crippen molar-refractivity contribution in [1.82, 2.24) is 15.5 Å². The van der Waals surface area contributed by atoms with E-state index < -0.39 is 0 Å². The molecule has 0 saturated carbocycles. The van der Waals surface area contributed by atoms with Crippen LogP contribution in [0.1, 0.15) is 36.5 Å². The molecule has 1 saturated heterocycles. The van der Waals surface area contributed by atoms with Gasteiger partial charge in [0.1, 0.15) is 5.75 Å². The van der Waals surface area contributed by atoms with Gasteiger partial charge in [-0.2, -0.15) is 0 Å². The van der Waals surface area contributed by atoms with E-state index in [0.29, 0.717) is 24.4 Å². The van der Waals surface area contributed by atoms with E-state index in [1.165, 1.54) is 0 Å². The third-order valence-corrected chi connectivity index (χ3v) is 4.90. The molecule has 8 heteroatoms. The van der Waals surface area contributed by atoms with Gasteiger partial charge in [-0.15, -0.1) is 24.0 Å². The van der Waals surface area contributed by atoms with Crippen molar-refractivity contribution >= 4 is 35.8 Å². The number of hydrogen-bond acceptors (Lipinski definition) is 4. The molecule has 1 aliphatic heterocycles. The highest BCUT2D eigenvalue weighted by Gasteiger charge is 2.15. The number of guanidine groups is 1. The number of nitrogens with zero attached hydrogens (tertiary/aromatic N) is 2. The van der Waals surface area contributed by atoms with E-state index >= 15 is 0 Å². The van der Waals surface area contributed by atoms with Crippen molar-refractivity contribution < 1.29 is 14.3 Å². The van der Waals surface area contributed by atoms with Gasteiger partial charge >= 0.3 is 0 Å². The molecule has 2 rings (SSSR count). The Bertz CT molecular complexity index is 636. The first-order chi connectivity index (χ1) is 13.6. The predicted molar refractivity (Wildman–Crippen MR) is 128 cm³/mol. The Morgan fingerprint density at radius 2 is 2.07 bits per heavy atom. The Balaban J connectivity index is 0.00000420.